The zero-order chi connectivity index (χ0) is 11.4. The number of fused-ring (bicyclic) bond motifs is 1. The summed E-state index contributed by atoms with van der Waals surface area (Å²) in [5.74, 6) is 0. The van der Waals surface area contributed by atoms with Crippen LogP contribution in [0, 0.1) is 0 Å². The third kappa shape index (κ3) is 2.45. The van der Waals surface area contributed by atoms with E-state index in [0.717, 1.165) is 13.0 Å². The summed E-state index contributed by atoms with van der Waals surface area (Å²) in [6.45, 7) is 1.90. The molecule has 1 heterocycles. The molecule has 1 aliphatic heterocycles. The highest BCUT2D eigenvalue weighted by Gasteiger charge is 2.12. The molecular weight excluding hydrogens is 196 g/mol. The molecule has 16 heavy (non-hydrogen) atoms. The van der Waals surface area contributed by atoms with E-state index < -0.39 is 0 Å². The Labute approximate surface area is 97.8 Å². The maximum atomic E-state index is 5.46. The molecule has 0 amide bonds. The molecule has 1 aromatic rings. The Morgan fingerprint density at radius 3 is 3.12 bits per heavy atom. The van der Waals surface area contributed by atoms with E-state index in [1.54, 1.807) is 0 Å². The van der Waals surface area contributed by atoms with Gasteiger partial charge < -0.3 is 10.6 Å². The molecule has 0 atom stereocenters. The molecule has 2 nitrogen and oxygen atoms in total. The third-order valence-corrected chi connectivity index (χ3v) is 3.10. The Bertz CT molecular complexity index is 382. The van der Waals surface area contributed by atoms with Crippen LogP contribution in [-0.2, 0) is 6.42 Å². The highest BCUT2D eigenvalue weighted by atomic mass is 15.1. The van der Waals surface area contributed by atoms with Crippen LogP contribution >= 0.6 is 0 Å². The molecule has 1 aromatic carbocycles. The van der Waals surface area contributed by atoms with E-state index in [4.69, 9.17) is 5.73 Å². The Morgan fingerprint density at radius 2 is 2.31 bits per heavy atom. The molecule has 1 aliphatic rings. The van der Waals surface area contributed by atoms with Gasteiger partial charge in [-0.05, 0) is 49.1 Å². The standard InChI is InChI=1S/C14H20N2/c1-16-10-4-6-13-11-12(5-2-3-9-15)7-8-14(13)16/h2,5,7-8,11H,3-4,6,9-10,15H2,1H3. The first-order valence-electron chi connectivity index (χ1n) is 6.02. The van der Waals surface area contributed by atoms with E-state index in [-0.39, 0.29) is 0 Å². The van der Waals surface area contributed by atoms with Crippen LogP contribution in [0.1, 0.15) is 24.0 Å². The van der Waals surface area contributed by atoms with Crippen molar-refractivity contribution < 1.29 is 0 Å². The molecular formula is C14H20N2. The van der Waals surface area contributed by atoms with Gasteiger partial charge in [0.05, 0.1) is 0 Å². The van der Waals surface area contributed by atoms with E-state index in [1.165, 1.54) is 36.2 Å². The predicted molar refractivity (Wildman–Crippen MR) is 70.7 cm³/mol. The van der Waals surface area contributed by atoms with E-state index in [9.17, 15) is 0 Å². The number of rotatable bonds is 3. The highest BCUT2D eigenvalue weighted by molar-refractivity contribution is 5.61. The molecule has 0 bridgehead atoms. The molecule has 0 spiro atoms. The quantitative estimate of drug-likeness (QED) is 0.841. The Kier molecular flexibility index (Phi) is 3.62. The van der Waals surface area contributed by atoms with Gasteiger partial charge in [-0.1, -0.05) is 18.2 Å². The molecule has 2 heteroatoms. The highest BCUT2D eigenvalue weighted by Crippen LogP contribution is 2.27. The summed E-state index contributed by atoms with van der Waals surface area (Å²) < 4.78 is 0. The Hall–Kier alpha value is -1.28. The molecule has 0 saturated carbocycles. The van der Waals surface area contributed by atoms with Gasteiger partial charge >= 0.3 is 0 Å². The van der Waals surface area contributed by atoms with Crippen molar-refractivity contribution in [3.8, 4) is 0 Å². The lowest BCUT2D eigenvalue weighted by atomic mass is 9.99. The molecule has 0 saturated heterocycles. The molecule has 0 radical (unpaired) electrons. The monoisotopic (exact) mass is 216 g/mol. The third-order valence-electron chi connectivity index (χ3n) is 3.10. The lowest BCUT2D eigenvalue weighted by Gasteiger charge is -2.27. The summed E-state index contributed by atoms with van der Waals surface area (Å²) in [5, 5.41) is 0. The topological polar surface area (TPSA) is 29.3 Å². The first-order valence-corrected chi connectivity index (χ1v) is 6.02. The predicted octanol–water partition coefficient (Wildman–Crippen LogP) is 2.43. The molecule has 86 valence electrons. The van der Waals surface area contributed by atoms with Crippen LogP contribution in [0.15, 0.2) is 24.3 Å². The number of hydrogen-bond donors (Lipinski definition) is 1. The summed E-state index contributed by atoms with van der Waals surface area (Å²) >= 11 is 0. The molecule has 0 aromatic heterocycles. The second kappa shape index (κ2) is 5.17. The van der Waals surface area contributed by atoms with Gasteiger partial charge in [0, 0.05) is 19.3 Å². The first-order chi connectivity index (χ1) is 7.81. The van der Waals surface area contributed by atoms with E-state index in [1.807, 2.05) is 0 Å². The van der Waals surface area contributed by atoms with Gasteiger partial charge in [-0.25, -0.2) is 0 Å². The minimum Gasteiger partial charge on any atom is -0.374 e. The van der Waals surface area contributed by atoms with Gasteiger partial charge in [0.2, 0.25) is 0 Å². The molecule has 2 N–H and O–H groups in total. The van der Waals surface area contributed by atoms with Gasteiger partial charge in [-0.3, -0.25) is 0 Å². The Balaban J connectivity index is 2.18. The largest absolute Gasteiger partial charge is 0.374 e. The van der Waals surface area contributed by atoms with Crippen LogP contribution in [0.5, 0.6) is 0 Å². The van der Waals surface area contributed by atoms with Gasteiger partial charge in [-0.15, -0.1) is 0 Å². The number of aryl methyl sites for hydroxylation is 1. The maximum absolute atomic E-state index is 5.46. The summed E-state index contributed by atoms with van der Waals surface area (Å²) in [4.78, 5) is 2.34. The summed E-state index contributed by atoms with van der Waals surface area (Å²) in [7, 11) is 2.17. The number of nitrogens with two attached hydrogens (primary N) is 1. The summed E-state index contributed by atoms with van der Waals surface area (Å²) in [6.07, 6.45) is 7.74. The van der Waals surface area contributed by atoms with Crippen molar-refractivity contribution in [2.24, 2.45) is 5.73 Å². The van der Waals surface area contributed by atoms with E-state index in [0.29, 0.717) is 0 Å². The van der Waals surface area contributed by atoms with Crippen LogP contribution in [0.2, 0.25) is 0 Å². The fourth-order valence-corrected chi connectivity index (χ4v) is 2.22. The van der Waals surface area contributed by atoms with E-state index >= 15 is 0 Å². The van der Waals surface area contributed by atoms with Crippen LogP contribution < -0.4 is 10.6 Å². The van der Waals surface area contributed by atoms with Crippen molar-refractivity contribution in [2.45, 2.75) is 19.3 Å². The van der Waals surface area contributed by atoms with Gasteiger partial charge in [-0.2, -0.15) is 0 Å². The second-order valence-corrected chi connectivity index (χ2v) is 4.39. The minimum atomic E-state index is 0.726. The maximum Gasteiger partial charge on any atom is 0.0396 e. The zero-order valence-electron chi connectivity index (χ0n) is 9.95. The first kappa shape index (κ1) is 11.2. The molecule has 0 unspecified atom stereocenters. The van der Waals surface area contributed by atoms with Crippen LogP contribution in [0.3, 0.4) is 0 Å². The summed E-state index contributed by atoms with van der Waals surface area (Å²) in [5.41, 5.74) is 9.62. The smallest absolute Gasteiger partial charge is 0.0396 e. The fourth-order valence-electron chi connectivity index (χ4n) is 2.22. The number of nitrogens with zero attached hydrogens (tertiary/aromatic N) is 1. The average molecular weight is 216 g/mol. The van der Waals surface area contributed by atoms with Crippen molar-refractivity contribution in [1.29, 1.82) is 0 Å². The average Bonchev–Trinajstić information content (AvgIpc) is 2.30. The second-order valence-electron chi connectivity index (χ2n) is 4.39. The minimum absolute atomic E-state index is 0.726. The van der Waals surface area contributed by atoms with Gasteiger partial charge in [0.25, 0.3) is 0 Å². The van der Waals surface area contributed by atoms with E-state index in [2.05, 4.69) is 42.3 Å². The SMILES string of the molecule is CN1CCCc2cc(C=CCCN)ccc21. The van der Waals surface area contributed by atoms with Crippen LogP contribution in [0.25, 0.3) is 6.08 Å². The van der Waals surface area contributed by atoms with Crippen molar-refractivity contribution in [3.05, 3.63) is 35.4 Å². The van der Waals surface area contributed by atoms with Crippen molar-refractivity contribution in [1.82, 2.24) is 0 Å². The molecule has 0 fully saturated rings. The van der Waals surface area contributed by atoms with Crippen LogP contribution in [-0.4, -0.2) is 20.1 Å². The Morgan fingerprint density at radius 1 is 1.44 bits per heavy atom. The molecule has 0 aliphatic carbocycles. The molecule has 2 rings (SSSR count). The summed E-state index contributed by atoms with van der Waals surface area (Å²) in [6, 6.07) is 6.72. The van der Waals surface area contributed by atoms with Crippen LogP contribution in [0.4, 0.5) is 5.69 Å². The fraction of sp³-hybridized carbons (Fsp3) is 0.429. The number of anilines is 1. The van der Waals surface area contributed by atoms with Crippen molar-refractivity contribution in [2.75, 3.05) is 25.0 Å². The van der Waals surface area contributed by atoms with Crippen molar-refractivity contribution in [3.63, 3.8) is 0 Å². The number of hydrogen-bond acceptors (Lipinski definition) is 2. The van der Waals surface area contributed by atoms with Crippen molar-refractivity contribution >= 4 is 11.8 Å². The lowest BCUT2D eigenvalue weighted by molar-refractivity contribution is 0.744. The van der Waals surface area contributed by atoms with Gasteiger partial charge in [0.15, 0.2) is 0 Å². The lowest BCUT2D eigenvalue weighted by Crippen LogP contribution is -2.24. The zero-order valence-corrected chi connectivity index (χ0v) is 9.95. The van der Waals surface area contributed by atoms with Gasteiger partial charge in [0.1, 0.15) is 0 Å². The normalized spacial score (nSPS) is 15.5. The number of benzene rings is 1.